The van der Waals surface area contributed by atoms with E-state index < -0.39 is 16.7 Å². The summed E-state index contributed by atoms with van der Waals surface area (Å²) in [7, 11) is 0. The fourth-order valence-corrected chi connectivity index (χ4v) is 1.81. The van der Waals surface area contributed by atoms with Crippen molar-refractivity contribution in [2.45, 2.75) is 6.92 Å². The van der Waals surface area contributed by atoms with Crippen molar-refractivity contribution in [1.29, 1.82) is 0 Å². The van der Waals surface area contributed by atoms with Crippen LogP contribution in [0.1, 0.15) is 11.1 Å². The molecule has 0 saturated carbocycles. The van der Waals surface area contributed by atoms with Crippen molar-refractivity contribution in [1.82, 2.24) is 5.43 Å². The highest BCUT2D eigenvalue weighted by Gasteiger charge is 2.12. The minimum atomic E-state index is -0.922. The number of nitrogens with one attached hydrogen (secondary N) is 2. The molecule has 8 heteroatoms. The quantitative estimate of drug-likeness (QED) is 0.387. The van der Waals surface area contributed by atoms with E-state index in [4.69, 9.17) is 0 Å². The summed E-state index contributed by atoms with van der Waals surface area (Å²) in [5.41, 5.74) is 4.04. The van der Waals surface area contributed by atoms with Crippen LogP contribution in [0.3, 0.4) is 0 Å². The molecule has 2 N–H and O–H groups in total. The summed E-state index contributed by atoms with van der Waals surface area (Å²) in [6.07, 6.45) is 1.28. The number of aryl methyl sites for hydroxylation is 1. The first-order valence-electron chi connectivity index (χ1n) is 6.91. The second-order valence-electron chi connectivity index (χ2n) is 4.87. The fraction of sp³-hybridized carbons (Fsp3) is 0.0625. The van der Waals surface area contributed by atoms with Crippen LogP contribution < -0.4 is 10.7 Å². The van der Waals surface area contributed by atoms with Gasteiger partial charge in [0.05, 0.1) is 11.1 Å². The highest BCUT2D eigenvalue weighted by atomic mass is 16.6. The highest BCUT2D eigenvalue weighted by Crippen LogP contribution is 2.10. The molecule has 0 bridgehead atoms. The van der Waals surface area contributed by atoms with Gasteiger partial charge in [0.2, 0.25) is 0 Å². The molecule has 0 spiro atoms. The number of nitro groups is 1. The first kappa shape index (κ1) is 16.8. The zero-order valence-corrected chi connectivity index (χ0v) is 12.7. The summed E-state index contributed by atoms with van der Waals surface area (Å²) in [4.78, 5) is 33.4. The van der Waals surface area contributed by atoms with E-state index in [1.54, 1.807) is 18.2 Å². The van der Waals surface area contributed by atoms with Gasteiger partial charge in [-0.2, -0.15) is 5.10 Å². The third-order valence-electron chi connectivity index (χ3n) is 2.97. The van der Waals surface area contributed by atoms with E-state index in [1.165, 1.54) is 30.5 Å². The summed E-state index contributed by atoms with van der Waals surface area (Å²) in [6, 6.07) is 12.6. The lowest BCUT2D eigenvalue weighted by molar-refractivity contribution is -0.384. The highest BCUT2D eigenvalue weighted by molar-refractivity contribution is 6.39. The van der Waals surface area contributed by atoms with E-state index in [0.717, 1.165) is 5.56 Å². The molecule has 0 aliphatic heterocycles. The molecule has 24 heavy (non-hydrogen) atoms. The molecule has 0 unspecified atom stereocenters. The molecule has 0 radical (unpaired) electrons. The number of hydrogen-bond donors (Lipinski definition) is 2. The predicted molar refractivity (Wildman–Crippen MR) is 88.6 cm³/mol. The van der Waals surface area contributed by atoms with E-state index in [1.807, 2.05) is 13.0 Å². The lowest BCUT2D eigenvalue weighted by Crippen LogP contribution is -2.32. The Bertz CT molecular complexity index is 800. The fourth-order valence-electron chi connectivity index (χ4n) is 1.81. The van der Waals surface area contributed by atoms with E-state index in [-0.39, 0.29) is 5.69 Å². The molecule has 2 rings (SSSR count). The lowest BCUT2D eigenvalue weighted by atomic mass is 10.2. The summed E-state index contributed by atoms with van der Waals surface area (Å²) >= 11 is 0. The number of amides is 2. The Morgan fingerprint density at radius 1 is 1.12 bits per heavy atom. The molecule has 0 fully saturated rings. The Balaban J connectivity index is 1.89. The molecule has 0 aliphatic rings. The second kappa shape index (κ2) is 7.63. The molecule has 0 atom stereocenters. The number of carbonyl (C=O) groups excluding carboxylic acids is 2. The van der Waals surface area contributed by atoms with E-state index in [0.29, 0.717) is 11.3 Å². The maximum absolute atomic E-state index is 11.7. The largest absolute Gasteiger partial charge is 0.329 e. The molecule has 2 aromatic carbocycles. The van der Waals surface area contributed by atoms with E-state index in [2.05, 4.69) is 15.8 Å². The van der Waals surface area contributed by atoms with Gasteiger partial charge in [-0.05, 0) is 42.3 Å². The first-order chi connectivity index (χ1) is 11.5. The summed E-state index contributed by atoms with van der Waals surface area (Å²) in [5.74, 6) is -1.77. The molecule has 2 aromatic rings. The van der Waals surface area contributed by atoms with Crippen LogP contribution in [0.15, 0.2) is 53.6 Å². The van der Waals surface area contributed by atoms with Gasteiger partial charge >= 0.3 is 11.8 Å². The second-order valence-corrected chi connectivity index (χ2v) is 4.87. The van der Waals surface area contributed by atoms with Gasteiger partial charge in [-0.3, -0.25) is 19.7 Å². The molecule has 0 saturated heterocycles. The minimum absolute atomic E-state index is 0.0475. The zero-order chi connectivity index (χ0) is 17.5. The third-order valence-corrected chi connectivity index (χ3v) is 2.97. The van der Waals surface area contributed by atoms with Crippen LogP contribution in [0.25, 0.3) is 0 Å². The number of hydrazone groups is 1. The zero-order valence-electron chi connectivity index (χ0n) is 12.7. The Morgan fingerprint density at radius 2 is 1.83 bits per heavy atom. The van der Waals surface area contributed by atoms with Gasteiger partial charge in [0, 0.05) is 17.8 Å². The SMILES string of the molecule is Cc1cccc(NC(=O)C(=O)NN=Cc2ccc([N+](=O)[O-])cc2)c1. The van der Waals surface area contributed by atoms with Gasteiger partial charge < -0.3 is 5.32 Å². The number of benzene rings is 2. The van der Waals surface area contributed by atoms with Crippen molar-refractivity contribution in [2.75, 3.05) is 5.32 Å². The van der Waals surface area contributed by atoms with Crippen molar-refractivity contribution in [3.05, 3.63) is 69.8 Å². The number of hydrogen-bond acceptors (Lipinski definition) is 5. The molecule has 122 valence electrons. The molecular weight excluding hydrogens is 312 g/mol. The number of carbonyl (C=O) groups is 2. The Labute approximate surface area is 137 Å². The number of nitrogens with zero attached hydrogens (tertiary/aromatic N) is 2. The van der Waals surface area contributed by atoms with Gasteiger partial charge in [0.25, 0.3) is 5.69 Å². The first-order valence-corrected chi connectivity index (χ1v) is 6.91. The molecule has 8 nitrogen and oxygen atoms in total. The number of non-ortho nitro benzene ring substituents is 1. The van der Waals surface area contributed by atoms with Gasteiger partial charge in [-0.1, -0.05) is 12.1 Å². The van der Waals surface area contributed by atoms with Crippen molar-refractivity contribution < 1.29 is 14.5 Å². The average molecular weight is 326 g/mol. The molecular formula is C16H14N4O4. The normalized spacial score (nSPS) is 10.4. The average Bonchev–Trinajstić information content (AvgIpc) is 2.55. The summed E-state index contributed by atoms with van der Waals surface area (Å²) < 4.78 is 0. The Kier molecular flexibility index (Phi) is 5.35. The van der Waals surface area contributed by atoms with Crippen LogP contribution >= 0.6 is 0 Å². The van der Waals surface area contributed by atoms with Crippen LogP contribution in [-0.4, -0.2) is 23.0 Å². The van der Waals surface area contributed by atoms with Crippen molar-refractivity contribution in [3.8, 4) is 0 Å². The van der Waals surface area contributed by atoms with Crippen LogP contribution in [0.2, 0.25) is 0 Å². The van der Waals surface area contributed by atoms with Gasteiger partial charge in [0.15, 0.2) is 0 Å². The summed E-state index contributed by atoms with van der Waals surface area (Å²) in [6.45, 7) is 1.87. The number of nitro benzene ring substituents is 1. The Hall–Kier alpha value is -3.55. The topological polar surface area (TPSA) is 114 Å². The maximum atomic E-state index is 11.7. The molecule has 0 heterocycles. The Morgan fingerprint density at radius 3 is 2.46 bits per heavy atom. The van der Waals surface area contributed by atoms with Crippen molar-refractivity contribution in [3.63, 3.8) is 0 Å². The molecule has 2 amide bonds. The monoisotopic (exact) mass is 326 g/mol. The standard InChI is InChI=1S/C16H14N4O4/c1-11-3-2-4-13(9-11)18-15(21)16(22)19-17-10-12-5-7-14(8-6-12)20(23)24/h2-10H,1H3,(H,18,21)(H,19,22). The van der Waals surface area contributed by atoms with Gasteiger partial charge in [-0.15, -0.1) is 0 Å². The van der Waals surface area contributed by atoms with Crippen molar-refractivity contribution >= 4 is 29.4 Å². The van der Waals surface area contributed by atoms with Gasteiger partial charge in [0.1, 0.15) is 0 Å². The van der Waals surface area contributed by atoms with Gasteiger partial charge in [-0.25, -0.2) is 5.43 Å². The number of anilines is 1. The van der Waals surface area contributed by atoms with Crippen LogP contribution in [-0.2, 0) is 9.59 Å². The minimum Gasteiger partial charge on any atom is -0.318 e. The van der Waals surface area contributed by atoms with E-state index >= 15 is 0 Å². The van der Waals surface area contributed by atoms with Crippen molar-refractivity contribution in [2.24, 2.45) is 5.10 Å². The molecule has 0 aromatic heterocycles. The third kappa shape index (κ3) is 4.73. The van der Waals surface area contributed by atoms with Crippen LogP contribution in [0.4, 0.5) is 11.4 Å². The van der Waals surface area contributed by atoms with Crippen LogP contribution in [0, 0.1) is 17.0 Å². The number of rotatable bonds is 4. The predicted octanol–water partition coefficient (Wildman–Crippen LogP) is 1.99. The van der Waals surface area contributed by atoms with Crippen LogP contribution in [0.5, 0.6) is 0 Å². The van der Waals surface area contributed by atoms with E-state index in [9.17, 15) is 19.7 Å². The maximum Gasteiger partial charge on any atom is 0.329 e. The molecule has 0 aliphatic carbocycles. The lowest BCUT2D eigenvalue weighted by Gasteiger charge is -2.04. The smallest absolute Gasteiger partial charge is 0.318 e. The summed E-state index contributed by atoms with van der Waals surface area (Å²) in [5, 5.41) is 16.6.